The van der Waals surface area contributed by atoms with Gasteiger partial charge in [0, 0.05) is 5.39 Å². The molecular formula is C26H18O2. The molecule has 0 aromatic heterocycles. The molecule has 0 N–H and O–H groups in total. The first-order valence-corrected chi connectivity index (χ1v) is 9.31. The molecule has 28 heavy (non-hydrogen) atoms. The molecule has 0 amide bonds. The fraction of sp³-hybridized carbons (Fsp3) is 0.0385. The maximum atomic E-state index is 12.6. The van der Waals surface area contributed by atoms with E-state index in [-0.39, 0.29) is 5.97 Å². The molecule has 0 radical (unpaired) electrons. The van der Waals surface area contributed by atoms with Crippen molar-refractivity contribution in [1.82, 2.24) is 0 Å². The first-order chi connectivity index (χ1) is 13.7. The van der Waals surface area contributed by atoms with E-state index < -0.39 is 0 Å². The van der Waals surface area contributed by atoms with Gasteiger partial charge in [0.2, 0.25) is 0 Å². The summed E-state index contributed by atoms with van der Waals surface area (Å²) in [6, 6.07) is 30.2. The van der Waals surface area contributed by atoms with Crippen LogP contribution in [0.1, 0.15) is 15.9 Å². The summed E-state index contributed by atoms with van der Waals surface area (Å²) in [4.78, 5) is 12.6. The summed E-state index contributed by atoms with van der Waals surface area (Å²) in [5.74, 6) is 0.240. The Morgan fingerprint density at radius 2 is 1.25 bits per heavy atom. The number of aryl methyl sites for hydroxylation is 1. The highest BCUT2D eigenvalue weighted by molar-refractivity contribution is 6.06. The summed E-state index contributed by atoms with van der Waals surface area (Å²) >= 11 is 0. The Balaban J connectivity index is 1.62. The van der Waals surface area contributed by atoms with Gasteiger partial charge in [0.15, 0.2) is 0 Å². The molecular weight excluding hydrogens is 344 g/mol. The molecule has 5 aromatic carbocycles. The van der Waals surface area contributed by atoms with Crippen molar-refractivity contribution < 1.29 is 9.53 Å². The number of ether oxygens (including phenoxy) is 1. The molecule has 5 rings (SSSR count). The van der Waals surface area contributed by atoms with Crippen LogP contribution in [0.15, 0.2) is 91.0 Å². The highest BCUT2D eigenvalue weighted by Gasteiger charge is 2.11. The third kappa shape index (κ3) is 2.89. The minimum Gasteiger partial charge on any atom is -0.422 e. The number of hydrogen-bond donors (Lipinski definition) is 0. The Labute approximate surface area is 163 Å². The van der Waals surface area contributed by atoms with Crippen LogP contribution >= 0.6 is 0 Å². The van der Waals surface area contributed by atoms with Gasteiger partial charge in [-0.25, -0.2) is 4.79 Å². The predicted molar refractivity (Wildman–Crippen MR) is 115 cm³/mol. The van der Waals surface area contributed by atoms with Crippen LogP contribution in [0.25, 0.3) is 32.3 Å². The lowest BCUT2D eigenvalue weighted by Gasteiger charge is -2.10. The molecule has 5 aromatic rings. The van der Waals surface area contributed by atoms with Crippen LogP contribution in [0, 0.1) is 6.92 Å². The SMILES string of the molecule is Cc1ccc(C(=O)Oc2cccc3cc4cc5ccccc5cc4cc23)cc1. The number of benzene rings is 5. The van der Waals surface area contributed by atoms with Crippen molar-refractivity contribution in [2.75, 3.05) is 0 Å². The lowest BCUT2D eigenvalue weighted by molar-refractivity contribution is 0.0737. The average molecular weight is 362 g/mol. The van der Waals surface area contributed by atoms with E-state index in [1.807, 2.05) is 43.3 Å². The standard InChI is InChI=1S/C26H18O2/c1-17-9-11-18(12-10-17)26(27)28-25-8-4-7-21-15-22-13-19-5-2-3-6-20(19)14-23(22)16-24(21)25/h2-16H,1H3. The van der Waals surface area contributed by atoms with Crippen molar-refractivity contribution >= 4 is 38.3 Å². The largest absolute Gasteiger partial charge is 0.422 e. The minimum absolute atomic E-state index is 0.342. The van der Waals surface area contributed by atoms with Gasteiger partial charge in [0.25, 0.3) is 0 Å². The number of carbonyl (C=O) groups is 1. The van der Waals surface area contributed by atoms with Gasteiger partial charge in [0.05, 0.1) is 5.56 Å². The van der Waals surface area contributed by atoms with Gasteiger partial charge in [-0.3, -0.25) is 0 Å². The number of fused-ring (bicyclic) bond motifs is 3. The van der Waals surface area contributed by atoms with Crippen molar-refractivity contribution in [2.45, 2.75) is 6.92 Å². The molecule has 0 atom stereocenters. The van der Waals surface area contributed by atoms with Crippen LogP contribution in [0.3, 0.4) is 0 Å². The van der Waals surface area contributed by atoms with Crippen LogP contribution in [-0.2, 0) is 0 Å². The molecule has 0 aliphatic carbocycles. The zero-order valence-electron chi connectivity index (χ0n) is 15.5. The summed E-state index contributed by atoms with van der Waals surface area (Å²) < 4.78 is 5.75. The molecule has 0 heterocycles. The van der Waals surface area contributed by atoms with Gasteiger partial charge in [-0.05, 0) is 76.3 Å². The second-order valence-corrected chi connectivity index (χ2v) is 7.13. The smallest absolute Gasteiger partial charge is 0.343 e. The molecule has 0 saturated heterocycles. The molecule has 0 bridgehead atoms. The van der Waals surface area contributed by atoms with E-state index in [4.69, 9.17) is 4.74 Å². The Kier molecular flexibility index (Phi) is 3.84. The molecule has 0 aliphatic rings. The van der Waals surface area contributed by atoms with Gasteiger partial charge < -0.3 is 4.74 Å². The Morgan fingerprint density at radius 3 is 1.96 bits per heavy atom. The molecule has 0 aliphatic heterocycles. The van der Waals surface area contributed by atoms with E-state index in [0.717, 1.165) is 21.7 Å². The van der Waals surface area contributed by atoms with Crippen molar-refractivity contribution in [1.29, 1.82) is 0 Å². The Morgan fingerprint density at radius 1 is 0.643 bits per heavy atom. The first kappa shape index (κ1) is 16.5. The number of carbonyl (C=O) groups excluding carboxylic acids is 1. The Hall–Kier alpha value is -3.65. The molecule has 0 fully saturated rings. The quantitative estimate of drug-likeness (QED) is 0.199. The van der Waals surface area contributed by atoms with E-state index >= 15 is 0 Å². The second-order valence-electron chi connectivity index (χ2n) is 7.13. The topological polar surface area (TPSA) is 26.3 Å². The fourth-order valence-electron chi connectivity index (χ4n) is 3.63. The zero-order chi connectivity index (χ0) is 19.1. The van der Waals surface area contributed by atoms with Gasteiger partial charge in [-0.1, -0.05) is 54.1 Å². The van der Waals surface area contributed by atoms with Crippen molar-refractivity contribution in [3.05, 3.63) is 102 Å². The lowest BCUT2D eigenvalue weighted by Crippen LogP contribution is -2.08. The highest BCUT2D eigenvalue weighted by Crippen LogP contribution is 2.32. The summed E-state index contributed by atoms with van der Waals surface area (Å²) in [5.41, 5.74) is 1.66. The normalized spacial score (nSPS) is 11.2. The Bertz CT molecular complexity index is 1350. The van der Waals surface area contributed by atoms with Crippen molar-refractivity contribution in [3.8, 4) is 5.75 Å². The number of hydrogen-bond acceptors (Lipinski definition) is 2. The van der Waals surface area contributed by atoms with Crippen LogP contribution in [0.2, 0.25) is 0 Å². The maximum absolute atomic E-state index is 12.6. The van der Waals surface area contributed by atoms with Crippen LogP contribution in [-0.4, -0.2) is 5.97 Å². The maximum Gasteiger partial charge on any atom is 0.343 e. The highest BCUT2D eigenvalue weighted by atomic mass is 16.5. The third-order valence-corrected chi connectivity index (χ3v) is 5.15. The first-order valence-electron chi connectivity index (χ1n) is 9.31. The molecule has 0 spiro atoms. The van der Waals surface area contributed by atoms with Crippen LogP contribution in [0.4, 0.5) is 0 Å². The van der Waals surface area contributed by atoms with Gasteiger partial charge in [0.1, 0.15) is 5.75 Å². The second kappa shape index (κ2) is 6.50. The van der Waals surface area contributed by atoms with Gasteiger partial charge in [-0.15, -0.1) is 0 Å². The van der Waals surface area contributed by atoms with E-state index in [9.17, 15) is 4.79 Å². The molecule has 2 nitrogen and oxygen atoms in total. The molecule has 2 heteroatoms. The summed E-state index contributed by atoms with van der Waals surface area (Å²) in [6.07, 6.45) is 0. The van der Waals surface area contributed by atoms with Crippen LogP contribution in [0.5, 0.6) is 5.75 Å². The van der Waals surface area contributed by atoms with Crippen LogP contribution < -0.4 is 4.74 Å². The van der Waals surface area contributed by atoms with E-state index in [1.165, 1.54) is 16.2 Å². The van der Waals surface area contributed by atoms with E-state index in [1.54, 1.807) is 12.1 Å². The van der Waals surface area contributed by atoms with Gasteiger partial charge in [-0.2, -0.15) is 0 Å². The fourth-order valence-corrected chi connectivity index (χ4v) is 3.63. The number of rotatable bonds is 2. The predicted octanol–water partition coefficient (Wildman–Crippen LogP) is 6.67. The zero-order valence-corrected chi connectivity index (χ0v) is 15.5. The van der Waals surface area contributed by atoms with E-state index in [0.29, 0.717) is 11.3 Å². The minimum atomic E-state index is -0.342. The third-order valence-electron chi connectivity index (χ3n) is 5.15. The van der Waals surface area contributed by atoms with E-state index in [2.05, 4.69) is 42.5 Å². The summed E-state index contributed by atoms with van der Waals surface area (Å²) in [5, 5.41) is 6.71. The summed E-state index contributed by atoms with van der Waals surface area (Å²) in [6.45, 7) is 1.99. The molecule has 134 valence electrons. The number of esters is 1. The lowest BCUT2D eigenvalue weighted by atomic mass is 9.99. The average Bonchev–Trinajstić information content (AvgIpc) is 2.71. The van der Waals surface area contributed by atoms with Crippen molar-refractivity contribution in [2.24, 2.45) is 0 Å². The monoisotopic (exact) mass is 362 g/mol. The summed E-state index contributed by atoms with van der Waals surface area (Å²) in [7, 11) is 0. The molecule has 0 saturated carbocycles. The molecule has 0 unspecified atom stereocenters. The van der Waals surface area contributed by atoms with Gasteiger partial charge >= 0.3 is 5.97 Å². The van der Waals surface area contributed by atoms with Crippen molar-refractivity contribution in [3.63, 3.8) is 0 Å².